The summed E-state index contributed by atoms with van der Waals surface area (Å²) in [7, 11) is -2.69. The van der Waals surface area contributed by atoms with Crippen molar-refractivity contribution in [2.24, 2.45) is 5.14 Å². The predicted molar refractivity (Wildman–Crippen MR) is 89.4 cm³/mol. The number of benzene rings is 2. The van der Waals surface area contributed by atoms with E-state index < -0.39 is 16.0 Å². The van der Waals surface area contributed by atoms with Crippen molar-refractivity contribution in [1.29, 1.82) is 0 Å². The quantitative estimate of drug-likeness (QED) is 0.836. The fraction of sp³-hybridized carbons (Fsp3) is 0.235. The molecule has 128 valence electrons. The number of carbonyl (C=O) groups excluding carboxylic acids is 1. The average molecular weight is 349 g/mol. The summed E-state index contributed by atoms with van der Waals surface area (Å²) < 4.78 is 33.4. The van der Waals surface area contributed by atoms with E-state index in [4.69, 9.17) is 14.6 Å². The van der Waals surface area contributed by atoms with Crippen LogP contribution in [-0.4, -0.2) is 21.5 Å². The minimum Gasteiger partial charge on any atom is -0.495 e. The molecule has 0 atom stereocenters. The first-order valence-corrected chi connectivity index (χ1v) is 8.70. The van der Waals surface area contributed by atoms with Gasteiger partial charge in [-0.1, -0.05) is 29.3 Å². The van der Waals surface area contributed by atoms with Crippen LogP contribution in [0.4, 0.5) is 0 Å². The second-order valence-corrected chi connectivity index (χ2v) is 7.01. The lowest BCUT2D eigenvalue weighted by Crippen LogP contribution is -2.15. The summed E-state index contributed by atoms with van der Waals surface area (Å²) in [5, 5.41) is 5.14. The van der Waals surface area contributed by atoms with Crippen molar-refractivity contribution in [3.63, 3.8) is 0 Å². The number of methoxy groups -OCH3 is 1. The molecule has 0 aromatic heterocycles. The zero-order valence-electron chi connectivity index (χ0n) is 13.7. The SMILES string of the molecule is COc1ccc(C(=O)OCc2cc(C)cc(C)c2)cc1S(N)(=O)=O. The molecule has 2 aromatic carbocycles. The van der Waals surface area contributed by atoms with Crippen LogP contribution in [0.5, 0.6) is 5.75 Å². The Kier molecular flexibility index (Phi) is 5.26. The first-order valence-electron chi connectivity index (χ1n) is 7.16. The molecule has 0 spiro atoms. The predicted octanol–water partition coefficient (Wildman–Crippen LogP) is 2.32. The van der Waals surface area contributed by atoms with Gasteiger partial charge in [-0.2, -0.15) is 0 Å². The largest absolute Gasteiger partial charge is 0.495 e. The number of rotatable bonds is 5. The summed E-state index contributed by atoms with van der Waals surface area (Å²) in [6.45, 7) is 4.01. The van der Waals surface area contributed by atoms with Crippen molar-refractivity contribution in [3.05, 3.63) is 58.7 Å². The van der Waals surface area contributed by atoms with Crippen LogP contribution in [0.25, 0.3) is 0 Å². The van der Waals surface area contributed by atoms with E-state index in [9.17, 15) is 13.2 Å². The Morgan fingerprint density at radius 1 is 1.08 bits per heavy atom. The summed E-state index contributed by atoms with van der Waals surface area (Å²) in [4.78, 5) is 11.9. The normalized spacial score (nSPS) is 11.2. The van der Waals surface area contributed by atoms with Gasteiger partial charge >= 0.3 is 5.97 Å². The highest BCUT2D eigenvalue weighted by Gasteiger charge is 2.18. The van der Waals surface area contributed by atoms with E-state index in [1.807, 2.05) is 32.0 Å². The van der Waals surface area contributed by atoms with Gasteiger partial charge in [-0.25, -0.2) is 18.4 Å². The average Bonchev–Trinajstić information content (AvgIpc) is 2.50. The van der Waals surface area contributed by atoms with Crippen LogP contribution in [0.2, 0.25) is 0 Å². The third kappa shape index (κ3) is 4.33. The van der Waals surface area contributed by atoms with Gasteiger partial charge in [0.25, 0.3) is 0 Å². The number of carbonyl (C=O) groups is 1. The summed E-state index contributed by atoms with van der Waals surface area (Å²) >= 11 is 0. The highest BCUT2D eigenvalue weighted by atomic mass is 32.2. The molecule has 2 N–H and O–H groups in total. The minimum atomic E-state index is -4.01. The van der Waals surface area contributed by atoms with Gasteiger partial charge in [0.2, 0.25) is 10.0 Å². The molecule has 0 aliphatic heterocycles. The third-order valence-electron chi connectivity index (χ3n) is 3.36. The lowest BCUT2D eigenvalue weighted by Gasteiger charge is -2.10. The fourth-order valence-corrected chi connectivity index (χ4v) is 3.13. The highest BCUT2D eigenvalue weighted by molar-refractivity contribution is 7.89. The Morgan fingerprint density at radius 2 is 1.71 bits per heavy atom. The molecule has 0 saturated carbocycles. The van der Waals surface area contributed by atoms with Crippen LogP contribution >= 0.6 is 0 Å². The van der Waals surface area contributed by atoms with Crippen LogP contribution in [0.15, 0.2) is 41.3 Å². The first-order chi connectivity index (χ1) is 11.2. The summed E-state index contributed by atoms with van der Waals surface area (Å²) in [6.07, 6.45) is 0. The number of primary sulfonamides is 1. The van der Waals surface area contributed by atoms with E-state index in [0.29, 0.717) is 0 Å². The Morgan fingerprint density at radius 3 is 2.25 bits per heavy atom. The monoisotopic (exact) mass is 349 g/mol. The topological polar surface area (TPSA) is 95.7 Å². The van der Waals surface area contributed by atoms with Gasteiger partial charge in [0.1, 0.15) is 17.3 Å². The van der Waals surface area contributed by atoms with Gasteiger partial charge in [0.15, 0.2) is 0 Å². The maximum absolute atomic E-state index is 12.2. The molecular weight excluding hydrogens is 330 g/mol. The number of sulfonamides is 1. The van der Waals surface area contributed by atoms with Crippen LogP contribution in [-0.2, 0) is 21.4 Å². The van der Waals surface area contributed by atoms with Crippen molar-refractivity contribution in [1.82, 2.24) is 0 Å². The molecule has 6 nitrogen and oxygen atoms in total. The zero-order chi connectivity index (χ0) is 17.9. The van der Waals surface area contributed by atoms with E-state index in [-0.39, 0.29) is 22.8 Å². The molecule has 0 aliphatic rings. The molecule has 0 bridgehead atoms. The van der Waals surface area contributed by atoms with Crippen LogP contribution in [0.3, 0.4) is 0 Å². The summed E-state index contributed by atoms with van der Waals surface area (Å²) in [5.74, 6) is -0.565. The minimum absolute atomic E-state index is 0.0726. The second kappa shape index (κ2) is 7.02. The first kappa shape index (κ1) is 18.0. The Labute approximate surface area is 141 Å². The molecular formula is C17H19NO5S. The summed E-state index contributed by atoms with van der Waals surface area (Å²) in [6, 6.07) is 9.81. The third-order valence-corrected chi connectivity index (χ3v) is 4.29. The van der Waals surface area contributed by atoms with Gasteiger partial charge in [0, 0.05) is 0 Å². The molecule has 0 radical (unpaired) electrons. The Hall–Kier alpha value is -2.38. The standard InChI is InChI=1S/C17H19NO5S/c1-11-6-12(2)8-13(7-11)10-23-17(19)14-4-5-15(22-3)16(9-14)24(18,20)21/h4-9H,10H2,1-3H3,(H2,18,20,21). The number of esters is 1. The fourth-order valence-electron chi connectivity index (χ4n) is 2.41. The molecule has 2 aromatic rings. The number of ether oxygens (including phenoxy) is 2. The van der Waals surface area contributed by atoms with E-state index in [1.165, 1.54) is 19.2 Å². The smallest absolute Gasteiger partial charge is 0.338 e. The van der Waals surface area contributed by atoms with Gasteiger partial charge in [-0.05, 0) is 37.6 Å². The molecule has 7 heteroatoms. The maximum atomic E-state index is 12.2. The van der Waals surface area contributed by atoms with E-state index in [0.717, 1.165) is 22.8 Å². The molecule has 0 amide bonds. The molecule has 2 rings (SSSR count). The van der Waals surface area contributed by atoms with Crippen molar-refractivity contribution in [2.75, 3.05) is 7.11 Å². The van der Waals surface area contributed by atoms with Crippen molar-refractivity contribution in [2.45, 2.75) is 25.3 Å². The van der Waals surface area contributed by atoms with Gasteiger partial charge in [-0.3, -0.25) is 0 Å². The Balaban J connectivity index is 2.21. The number of nitrogens with two attached hydrogens (primary N) is 1. The summed E-state index contributed by atoms with van der Waals surface area (Å²) in [5.41, 5.74) is 3.09. The molecule has 0 saturated heterocycles. The second-order valence-electron chi connectivity index (χ2n) is 5.48. The highest BCUT2D eigenvalue weighted by Crippen LogP contribution is 2.24. The molecule has 0 heterocycles. The lowest BCUT2D eigenvalue weighted by atomic mass is 10.1. The van der Waals surface area contributed by atoms with E-state index in [1.54, 1.807) is 0 Å². The van der Waals surface area contributed by atoms with Gasteiger partial charge in [0.05, 0.1) is 12.7 Å². The van der Waals surface area contributed by atoms with Crippen molar-refractivity contribution < 1.29 is 22.7 Å². The van der Waals surface area contributed by atoms with Gasteiger partial charge in [-0.15, -0.1) is 0 Å². The van der Waals surface area contributed by atoms with E-state index >= 15 is 0 Å². The molecule has 0 fully saturated rings. The zero-order valence-corrected chi connectivity index (χ0v) is 14.5. The molecule has 0 aliphatic carbocycles. The lowest BCUT2D eigenvalue weighted by molar-refractivity contribution is 0.0472. The number of hydrogen-bond donors (Lipinski definition) is 1. The van der Waals surface area contributed by atoms with Crippen LogP contribution < -0.4 is 9.88 Å². The molecule has 24 heavy (non-hydrogen) atoms. The maximum Gasteiger partial charge on any atom is 0.338 e. The van der Waals surface area contributed by atoms with Crippen LogP contribution in [0, 0.1) is 13.8 Å². The molecule has 0 unspecified atom stereocenters. The van der Waals surface area contributed by atoms with Crippen molar-refractivity contribution in [3.8, 4) is 5.75 Å². The van der Waals surface area contributed by atoms with Gasteiger partial charge < -0.3 is 9.47 Å². The number of hydrogen-bond acceptors (Lipinski definition) is 5. The van der Waals surface area contributed by atoms with E-state index in [2.05, 4.69) is 0 Å². The number of aryl methyl sites for hydroxylation is 2. The Bertz CT molecular complexity index is 854. The van der Waals surface area contributed by atoms with Crippen LogP contribution in [0.1, 0.15) is 27.0 Å². The van der Waals surface area contributed by atoms with Crippen molar-refractivity contribution >= 4 is 16.0 Å².